The van der Waals surface area contributed by atoms with E-state index in [2.05, 4.69) is 0 Å². The predicted octanol–water partition coefficient (Wildman–Crippen LogP) is 2.85. The second kappa shape index (κ2) is 3.69. The van der Waals surface area contributed by atoms with Crippen LogP contribution in [0.3, 0.4) is 0 Å². The zero-order valence-electron chi connectivity index (χ0n) is 7.65. The second-order valence-corrected chi connectivity index (χ2v) is 3.85. The van der Waals surface area contributed by atoms with Gasteiger partial charge in [0.25, 0.3) is 0 Å². The third kappa shape index (κ3) is 3.05. The van der Waals surface area contributed by atoms with Gasteiger partial charge in [-0.25, -0.2) is 8.78 Å². The van der Waals surface area contributed by atoms with Crippen molar-refractivity contribution in [2.24, 2.45) is 5.92 Å². The fourth-order valence-electron chi connectivity index (χ4n) is 1.51. The molecule has 1 fully saturated rings. The van der Waals surface area contributed by atoms with Crippen molar-refractivity contribution in [3.05, 3.63) is 0 Å². The van der Waals surface area contributed by atoms with Crippen molar-refractivity contribution in [1.29, 1.82) is 0 Å². The molecule has 1 saturated carbocycles. The first-order valence-corrected chi connectivity index (χ1v) is 4.49. The van der Waals surface area contributed by atoms with Crippen molar-refractivity contribution >= 4 is 0 Å². The lowest BCUT2D eigenvalue weighted by atomic mass is 10.1. The molecule has 1 nitrogen and oxygen atoms in total. The molecule has 0 saturated heterocycles. The molecule has 1 rings (SSSR count). The third-order valence-corrected chi connectivity index (χ3v) is 2.17. The maximum atomic E-state index is 12.7. The molecular formula is C9H16F2O. The molecule has 0 aromatic carbocycles. The van der Waals surface area contributed by atoms with E-state index >= 15 is 0 Å². The van der Waals surface area contributed by atoms with Crippen LogP contribution in [0.1, 0.15) is 33.1 Å². The van der Waals surface area contributed by atoms with E-state index in [0.717, 1.165) is 0 Å². The van der Waals surface area contributed by atoms with Crippen LogP contribution in [-0.2, 0) is 4.74 Å². The molecular weight excluding hydrogens is 162 g/mol. The number of hydrogen-bond acceptors (Lipinski definition) is 1. The largest absolute Gasteiger partial charge is 0.379 e. The summed E-state index contributed by atoms with van der Waals surface area (Å²) in [5, 5.41) is 0. The summed E-state index contributed by atoms with van der Waals surface area (Å²) in [6.45, 7) is 4.34. The number of hydrogen-bond donors (Lipinski definition) is 0. The number of ether oxygens (including phenoxy) is 1. The average Bonchev–Trinajstić information content (AvgIpc) is 2.26. The van der Waals surface area contributed by atoms with Crippen LogP contribution in [0.25, 0.3) is 0 Å². The average molecular weight is 178 g/mol. The number of halogens is 2. The van der Waals surface area contributed by atoms with E-state index in [0.29, 0.717) is 13.0 Å². The first-order chi connectivity index (χ1) is 5.49. The van der Waals surface area contributed by atoms with E-state index in [-0.39, 0.29) is 24.9 Å². The van der Waals surface area contributed by atoms with Gasteiger partial charge in [-0.2, -0.15) is 0 Å². The highest BCUT2D eigenvalue weighted by molar-refractivity contribution is 4.80. The Bertz CT molecular complexity index is 145. The molecule has 0 N–H and O–H groups in total. The van der Waals surface area contributed by atoms with E-state index < -0.39 is 5.92 Å². The Kier molecular flexibility index (Phi) is 3.04. The quantitative estimate of drug-likeness (QED) is 0.645. The first kappa shape index (κ1) is 9.90. The summed E-state index contributed by atoms with van der Waals surface area (Å²) in [4.78, 5) is 0. The maximum Gasteiger partial charge on any atom is 0.248 e. The molecule has 72 valence electrons. The Balaban J connectivity index is 2.20. The highest BCUT2D eigenvalue weighted by atomic mass is 19.3. The van der Waals surface area contributed by atoms with E-state index in [1.807, 2.05) is 13.8 Å². The monoisotopic (exact) mass is 178 g/mol. The Labute approximate surface area is 72.1 Å². The van der Waals surface area contributed by atoms with Gasteiger partial charge >= 0.3 is 0 Å². The lowest BCUT2D eigenvalue weighted by Gasteiger charge is -2.13. The number of rotatable bonds is 3. The van der Waals surface area contributed by atoms with Gasteiger partial charge in [0.05, 0.1) is 6.10 Å². The van der Waals surface area contributed by atoms with Gasteiger partial charge in [-0.05, 0) is 26.2 Å². The zero-order chi connectivity index (χ0) is 9.19. The van der Waals surface area contributed by atoms with E-state index in [4.69, 9.17) is 4.74 Å². The molecule has 0 heterocycles. The highest BCUT2D eigenvalue weighted by Gasteiger charge is 2.39. The second-order valence-electron chi connectivity index (χ2n) is 3.85. The summed E-state index contributed by atoms with van der Waals surface area (Å²) in [5.41, 5.74) is 0. The maximum absolute atomic E-state index is 12.7. The molecule has 1 aliphatic carbocycles. The SMILES string of the molecule is CC(C)OCC1CCC(F)(F)C1. The smallest absolute Gasteiger partial charge is 0.248 e. The van der Waals surface area contributed by atoms with Crippen LogP contribution in [0, 0.1) is 5.92 Å². The third-order valence-electron chi connectivity index (χ3n) is 2.17. The minimum Gasteiger partial charge on any atom is -0.379 e. The van der Waals surface area contributed by atoms with Gasteiger partial charge in [0.2, 0.25) is 5.92 Å². The lowest BCUT2D eigenvalue weighted by Crippen LogP contribution is -2.14. The Hall–Kier alpha value is -0.180. The van der Waals surface area contributed by atoms with Gasteiger partial charge in [-0.15, -0.1) is 0 Å². The molecule has 12 heavy (non-hydrogen) atoms. The molecule has 0 radical (unpaired) electrons. The molecule has 0 aromatic rings. The van der Waals surface area contributed by atoms with Crippen LogP contribution in [0.2, 0.25) is 0 Å². The topological polar surface area (TPSA) is 9.23 Å². The summed E-state index contributed by atoms with van der Waals surface area (Å²) in [5.74, 6) is -2.35. The molecule has 0 aliphatic heterocycles. The normalized spacial score (nSPS) is 28.2. The van der Waals surface area contributed by atoms with Crippen molar-refractivity contribution in [1.82, 2.24) is 0 Å². The van der Waals surface area contributed by atoms with Gasteiger partial charge in [0.1, 0.15) is 0 Å². The molecule has 3 heteroatoms. The summed E-state index contributed by atoms with van der Waals surface area (Å²) >= 11 is 0. The van der Waals surface area contributed by atoms with Crippen molar-refractivity contribution in [2.75, 3.05) is 6.61 Å². The minimum atomic E-state index is -2.43. The van der Waals surface area contributed by atoms with Gasteiger partial charge in [0, 0.05) is 19.4 Å². The predicted molar refractivity (Wildman–Crippen MR) is 43.4 cm³/mol. The highest BCUT2D eigenvalue weighted by Crippen LogP contribution is 2.38. The van der Waals surface area contributed by atoms with Crippen molar-refractivity contribution in [3.8, 4) is 0 Å². The van der Waals surface area contributed by atoms with E-state index in [1.165, 1.54) is 0 Å². The van der Waals surface area contributed by atoms with Gasteiger partial charge < -0.3 is 4.74 Å². The van der Waals surface area contributed by atoms with Crippen LogP contribution in [0.15, 0.2) is 0 Å². The molecule has 0 amide bonds. The Morgan fingerprint density at radius 2 is 2.17 bits per heavy atom. The first-order valence-electron chi connectivity index (χ1n) is 4.49. The van der Waals surface area contributed by atoms with Crippen molar-refractivity contribution in [2.45, 2.75) is 45.1 Å². The molecule has 0 aromatic heterocycles. The summed E-state index contributed by atoms with van der Waals surface area (Å²) in [6, 6.07) is 0. The molecule has 1 unspecified atom stereocenters. The van der Waals surface area contributed by atoms with Gasteiger partial charge in [-0.1, -0.05) is 0 Å². The summed E-state index contributed by atoms with van der Waals surface area (Å²) in [6.07, 6.45) is 0.817. The Morgan fingerprint density at radius 3 is 2.58 bits per heavy atom. The fraction of sp³-hybridized carbons (Fsp3) is 1.00. The van der Waals surface area contributed by atoms with Crippen LogP contribution in [0.4, 0.5) is 8.78 Å². The van der Waals surface area contributed by atoms with E-state index in [9.17, 15) is 8.78 Å². The zero-order valence-corrected chi connectivity index (χ0v) is 7.65. The summed E-state index contributed by atoms with van der Waals surface area (Å²) < 4.78 is 30.6. The standard InChI is InChI=1S/C9H16F2O/c1-7(2)12-6-8-3-4-9(10,11)5-8/h7-8H,3-6H2,1-2H3. The van der Waals surface area contributed by atoms with Crippen LogP contribution >= 0.6 is 0 Å². The van der Waals surface area contributed by atoms with Crippen molar-refractivity contribution < 1.29 is 13.5 Å². The fourth-order valence-corrected chi connectivity index (χ4v) is 1.51. The lowest BCUT2D eigenvalue weighted by molar-refractivity contribution is -0.00625. The number of alkyl halides is 2. The van der Waals surface area contributed by atoms with Crippen LogP contribution in [0.5, 0.6) is 0 Å². The molecule has 0 spiro atoms. The molecule has 1 atom stereocenters. The van der Waals surface area contributed by atoms with Gasteiger partial charge in [-0.3, -0.25) is 0 Å². The minimum absolute atomic E-state index is 0.0136. The van der Waals surface area contributed by atoms with Gasteiger partial charge in [0.15, 0.2) is 0 Å². The van der Waals surface area contributed by atoms with Crippen molar-refractivity contribution in [3.63, 3.8) is 0 Å². The Morgan fingerprint density at radius 1 is 1.50 bits per heavy atom. The van der Waals surface area contributed by atoms with Crippen LogP contribution < -0.4 is 0 Å². The molecule has 0 bridgehead atoms. The summed E-state index contributed by atoms with van der Waals surface area (Å²) in [7, 11) is 0. The van der Waals surface area contributed by atoms with E-state index in [1.54, 1.807) is 0 Å². The molecule has 1 aliphatic rings. The van der Waals surface area contributed by atoms with Crippen LogP contribution in [-0.4, -0.2) is 18.6 Å².